The van der Waals surface area contributed by atoms with Gasteiger partial charge in [0.15, 0.2) is 0 Å². The summed E-state index contributed by atoms with van der Waals surface area (Å²) in [5, 5.41) is -0.196. The number of esters is 1. The van der Waals surface area contributed by atoms with E-state index in [0.717, 1.165) is 12.1 Å². The average Bonchev–Trinajstić information content (AvgIpc) is 2.85. The summed E-state index contributed by atoms with van der Waals surface area (Å²) in [6.45, 7) is 2.10. The second kappa shape index (κ2) is 6.16. The number of carbonyl (C=O) groups excluding carboxylic acids is 2. The Bertz CT molecular complexity index is 603. The van der Waals surface area contributed by atoms with Gasteiger partial charge in [-0.2, -0.15) is 13.2 Å². The molecule has 0 radical (unpaired) electrons. The lowest BCUT2D eigenvalue weighted by atomic mass is 10.1. The highest BCUT2D eigenvalue weighted by Gasteiger charge is 2.33. The molecule has 0 spiro atoms. The van der Waals surface area contributed by atoms with Gasteiger partial charge < -0.3 is 9.64 Å². The monoisotopic (exact) mass is 335 g/mol. The van der Waals surface area contributed by atoms with E-state index in [0.29, 0.717) is 19.0 Å². The van der Waals surface area contributed by atoms with E-state index in [1.165, 1.54) is 11.8 Å². The molecular formula is C14H13ClF3NO3. The van der Waals surface area contributed by atoms with Gasteiger partial charge in [-0.15, -0.1) is 0 Å². The van der Waals surface area contributed by atoms with Crippen LogP contribution in [0.25, 0.3) is 0 Å². The Morgan fingerprint density at radius 3 is 2.55 bits per heavy atom. The Morgan fingerprint density at radius 2 is 2.00 bits per heavy atom. The number of likely N-dealkylation sites (tertiary alicyclic amines) is 1. The first-order chi connectivity index (χ1) is 10.2. The van der Waals surface area contributed by atoms with Gasteiger partial charge in [-0.05, 0) is 18.2 Å². The number of ether oxygens (including phenoxy) is 1. The van der Waals surface area contributed by atoms with E-state index in [2.05, 4.69) is 0 Å². The highest BCUT2D eigenvalue weighted by Crippen LogP contribution is 2.32. The molecular weight excluding hydrogens is 323 g/mol. The van der Waals surface area contributed by atoms with Crippen molar-refractivity contribution >= 4 is 23.5 Å². The largest absolute Gasteiger partial charge is 0.457 e. The number of rotatable bonds is 2. The smallest absolute Gasteiger partial charge is 0.416 e. The van der Waals surface area contributed by atoms with Crippen molar-refractivity contribution in [3.63, 3.8) is 0 Å². The van der Waals surface area contributed by atoms with Crippen molar-refractivity contribution in [1.29, 1.82) is 0 Å². The molecule has 8 heteroatoms. The quantitative estimate of drug-likeness (QED) is 0.780. The predicted octanol–water partition coefficient (Wildman–Crippen LogP) is 3.14. The number of amides is 1. The first-order valence-electron chi connectivity index (χ1n) is 6.51. The molecule has 1 fully saturated rings. The Kier molecular flexibility index (Phi) is 4.65. The molecule has 0 unspecified atom stereocenters. The highest BCUT2D eigenvalue weighted by molar-refractivity contribution is 6.31. The van der Waals surface area contributed by atoms with Crippen LogP contribution in [0.5, 0.6) is 0 Å². The topological polar surface area (TPSA) is 46.6 Å². The molecule has 1 heterocycles. The van der Waals surface area contributed by atoms with Crippen LogP contribution in [-0.2, 0) is 15.7 Å². The fourth-order valence-electron chi connectivity index (χ4n) is 2.20. The third kappa shape index (κ3) is 3.91. The Labute approximate surface area is 129 Å². The van der Waals surface area contributed by atoms with E-state index < -0.39 is 23.8 Å². The van der Waals surface area contributed by atoms with Crippen molar-refractivity contribution < 1.29 is 27.5 Å². The van der Waals surface area contributed by atoms with E-state index in [1.54, 1.807) is 0 Å². The van der Waals surface area contributed by atoms with Crippen molar-refractivity contribution in [2.75, 3.05) is 13.1 Å². The zero-order valence-electron chi connectivity index (χ0n) is 11.6. The molecule has 0 aromatic heterocycles. The normalized spacial score (nSPS) is 18.4. The van der Waals surface area contributed by atoms with Crippen LogP contribution in [-0.4, -0.2) is 36.0 Å². The van der Waals surface area contributed by atoms with Crippen LogP contribution in [0.3, 0.4) is 0 Å². The molecule has 0 saturated carbocycles. The molecule has 1 aliphatic rings. The Balaban J connectivity index is 2.10. The zero-order chi connectivity index (χ0) is 16.5. The fourth-order valence-corrected chi connectivity index (χ4v) is 2.44. The molecule has 1 aromatic carbocycles. The van der Waals surface area contributed by atoms with Crippen molar-refractivity contribution in [1.82, 2.24) is 4.90 Å². The molecule has 1 amide bonds. The first kappa shape index (κ1) is 16.6. The number of hydrogen-bond acceptors (Lipinski definition) is 3. The van der Waals surface area contributed by atoms with Gasteiger partial charge >= 0.3 is 12.1 Å². The van der Waals surface area contributed by atoms with Gasteiger partial charge in [0, 0.05) is 24.9 Å². The van der Waals surface area contributed by atoms with E-state index in [-0.39, 0.29) is 23.0 Å². The molecule has 0 N–H and O–H groups in total. The second-order valence-corrected chi connectivity index (χ2v) is 5.44. The van der Waals surface area contributed by atoms with E-state index in [9.17, 15) is 22.8 Å². The lowest BCUT2D eigenvalue weighted by molar-refractivity contribution is -0.137. The lowest BCUT2D eigenvalue weighted by Gasteiger charge is -2.15. The highest BCUT2D eigenvalue weighted by atomic mass is 35.5. The third-order valence-corrected chi connectivity index (χ3v) is 3.54. The number of carbonyl (C=O) groups is 2. The zero-order valence-corrected chi connectivity index (χ0v) is 12.4. The van der Waals surface area contributed by atoms with Crippen LogP contribution in [0.2, 0.25) is 5.02 Å². The van der Waals surface area contributed by atoms with Crippen molar-refractivity contribution in [3.8, 4) is 0 Å². The summed E-state index contributed by atoms with van der Waals surface area (Å²) in [4.78, 5) is 24.7. The van der Waals surface area contributed by atoms with Gasteiger partial charge in [0.2, 0.25) is 5.91 Å². The van der Waals surface area contributed by atoms with Crippen LogP contribution in [0.4, 0.5) is 13.2 Å². The van der Waals surface area contributed by atoms with Crippen LogP contribution in [0.1, 0.15) is 29.3 Å². The molecule has 1 aromatic rings. The van der Waals surface area contributed by atoms with Crippen LogP contribution < -0.4 is 0 Å². The van der Waals surface area contributed by atoms with Gasteiger partial charge in [-0.3, -0.25) is 4.79 Å². The number of benzene rings is 1. The maximum atomic E-state index is 12.7. The predicted molar refractivity (Wildman–Crippen MR) is 72.5 cm³/mol. The summed E-state index contributed by atoms with van der Waals surface area (Å²) in [5.74, 6) is -1.02. The summed E-state index contributed by atoms with van der Waals surface area (Å²) in [7, 11) is 0. The molecule has 22 heavy (non-hydrogen) atoms. The van der Waals surface area contributed by atoms with Gasteiger partial charge in [0.25, 0.3) is 0 Å². The minimum atomic E-state index is -4.60. The molecule has 4 nitrogen and oxygen atoms in total. The molecule has 0 aliphatic carbocycles. The number of halogens is 4. The van der Waals surface area contributed by atoms with E-state index >= 15 is 0 Å². The summed E-state index contributed by atoms with van der Waals surface area (Å²) in [6, 6.07) is 2.56. The minimum Gasteiger partial charge on any atom is -0.457 e. The molecule has 1 atom stereocenters. The molecule has 2 rings (SSSR count). The molecule has 120 valence electrons. The second-order valence-electron chi connectivity index (χ2n) is 5.01. The number of alkyl halides is 3. The standard InChI is InChI=1S/C14H13ClF3NO3/c1-8(20)19-3-2-12(7-19)22-13(21)9-4-10(14(16,17)18)6-11(15)5-9/h4-6,12H,2-3,7H2,1H3/t12-/m0/s1. The van der Waals surface area contributed by atoms with Gasteiger partial charge in [0.05, 0.1) is 17.7 Å². The molecule has 1 saturated heterocycles. The van der Waals surface area contributed by atoms with Gasteiger partial charge in [-0.25, -0.2) is 4.79 Å². The summed E-state index contributed by atoms with van der Waals surface area (Å²) < 4.78 is 43.2. The van der Waals surface area contributed by atoms with Crippen LogP contribution in [0.15, 0.2) is 18.2 Å². The number of nitrogens with zero attached hydrogens (tertiary/aromatic N) is 1. The van der Waals surface area contributed by atoms with Crippen molar-refractivity contribution in [2.24, 2.45) is 0 Å². The maximum absolute atomic E-state index is 12.7. The number of hydrogen-bond donors (Lipinski definition) is 0. The SMILES string of the molecule is CC(=O)N1CC[C@H](OC(=O)c2cc(Cl)cc(C(F)(F)F)c2)C1. The third-order valence-electron chi connectivity index (χ3n) is 3.32. The van der Waals surface area contributed by atoms with E-state index in [4.69, 9.17) is 16.3 Å². The fraction of sp³-hybridized carbons (Fsp3) is 0.429. The maximum Gasteiger partial charge on any atom is 0.416 e. The summed E-state index contributed by atoms with van der Waals surface area (Å²) in [6.07, 6.45) is -4.67. The van der Waals surface area contributed by atoms with Crippen molar-refractivity contribution in [3.05, 3.63) is 34.3 Å². The van der Waals surface area contributed by atoms with Gasteiger partial charge in [0.1, 0.15) is 6.10 Å². The van der Waals surface area contributed by atoms with E-state index in [1.807, 2.05) is 0 Å². The van der Waals surface area contributed by atoms with Crippen molar-refractivity contribution in [2.45, 2.75) is 25.6 Å². The van der Waals surface area contributed by atoms with Crippen LogP contribution in [0, 0.1) is 0 Å². The first-order valence-corrected chi connectivity index (χ1v) is 6.89. The summed E-state index contributed by atoms with van der Waals surface area (Å²) >= 11 is 5.62. The Morgan fingerprint density at radius 1 is 1.32 bits per heavy atom. The van der Waals surface area contributed by atoms with Crippen LogP contribution >= 0.6 is 11.6 Å². The molecule has 1 aliphatic heterocycles. The Hall–Kier alpha value is -1.76. The minimum absolute atomic E-state index is 0.138. The average molecular weight is 336 g/mol. The lowest BCUT2D eigenvalue weighted by Crippen LogP contribution is -2.28. The van der Waals surface area contributed by atoms with Gasteiger partial charge in [-0.1, -0.05) is 11.6 Å². The summed E-state index contributed by atoms with van der Waals surface area (Å²) in [5.41, 5.74) is -1.27. The molecule has 0 bridgehead atoms.